The monoisotopic (exact) mass is 378 g/mol. The maximum atomic E-state index is 11.4. The van der Waals surface area contributed by atoms with Crippen LogP contribution in [0.3, 0.4) is 0 Å². The molecule has 2 aliphatic carbocycles. The van der Waals surface area contributed by atoms with Crippen molar-refractivity contribution >= 4 is 11.7 Å². The second-order valence-corrected chi connectivity index (χ2v) is 8.23. The summed E-state index contributed by atoms with van der Waals surface area (Å²) in [6.45, 7) is 0. The standard InChI is InChI=1S/C23H25NO4/c1-27-18-5-3-4-15(22(18)28-2)21-20-13-7-6-12(10-13)19(20)16-11-14(23(25)26)8-9-17(16)24-21/h3-5,8-9,11-13,19-21,24H,6-7,10H2,1-2H3,(H,25,26)/p-1/t12-,13-,19-,20-,21+/m1/s1. The van der Waals surface area contributed by atoms with Crippen LogP contribution in [0.1, 0.15) is 52.7 Å². The molecular weight excluding hydrogens is 354 g/mol. The average molecular weight is 378 g/mol. The van der Waals surface area contributed by atoms with Crippen molar-refractivity contribution in [2.24, 2.45) is 17.8 Å². The molecular formula is C23H24NO4-. The topological polar surface area (TPSA) is 70.6 Å². The van der Waals surface area contributed by atoms with E-state index in [0.717, 1.165) is 28.3 Å². The van der Waals surface area contributed by atoms with E-state index in [2.05, 4.69) is 11.4 Å². The van der Waals surface area contributed by atoms with E-state index in [-0.39, 0.29) is 11.6 Å². The summed E-state index contributed by atoms with van der Waals surface area (Å²) >= 11 is 0. The molecule has 2 saturated carbocycles. The van der Waals surface area contributed by atoms with Gasteiger partial charge in [-0.3, -0.25) is 0 Å². The Labute approximate surface area is 164 Å². The first-order valence-corrected chi connectivity index (χ1v) is 9.95. The summed E-state index contributed by atoms with van der Waals surface area (Å²) in [5.74, 6) is 2.45. The molecule has 5 nitrogen and oxygen atoms in total. The Morgan fingerprint density at radius 1 is 1.07 bits per heavy atom. The van der Waals surface area contributed by atoms with E-state index >= 15 is 0 Å². The molecule has 2 aromatic rings. The second kappa shape index (κ2) is 6.43. The molecule has 146 valence electrons. The molecule has 5 heteroatoms. The molecule has 2 aromatic carbocycles. The van der Waals surface area contributed by atoms with Gasteiger partial charge in [-0.05, 0) is 72.3 Å². The molecule has 28 heavy (non-hydrogen) atoms. The van der Waals surface area contributed by atoms with Crippen molar-refractivity contribution in [1.82, 2.24) is 0 Å². The van der Waals surface area contributed by atoms with Crippen LogP contribution in [0.15, 0.2) is 36.4 Å². The smallest absolute Gasteiger partial charge is 0.165 e. The van der Waals surface area contributed by atoms with E-state index in [9.17, 15) is 9.90 Å². The number of hydrogen-bond donors (Lipinski definition) is 1. The van der Waals surface area contributed by atoms with Gasteiger partial charge in [-0.1, -0.05) is 18.2 Å². The summed E-state index contributed by atoms with van der Waals surface area (Å²) < 4.78 is 11.3. The van der Waals surface area contributed by atoms with Crippen LogP contribution in [0, 0.1) is 17.8 Å². The van der Waals surface area contributed by atoms with E-state index in [1.54, 1.807) is 20.3 Å². The maximum absolute atomic E-state index is 11.4. The van der Waals surface area contributed by atoms with Gasteiger partial charge in [-0.2, -0.15) is 0 Å². The van der Waals surface area contributed by atoms with Gasteiger partial charge >= 0.3 is 0 Å². The number of para-hydroxylation sites is 1. The van der Waals surface area contributed by atoms with E-state index in [1.165, 1.54) is 19.3 Å². The fraction of sp³-hybridized carbons (Fsp3) is 0.435. The average Bonchev–Trinajstić information content (AvgIpc) is 3.34. The number of carbonyl (C=O) groups is 1. The molecule has 0 aromatic heterocycles. The first kappa shape index (κ1) is 17.4. The van der Waals surface area contributed by atoms with Crippen molar-refractivity contribution in [1.29, 1.82) is 0 Å². The van der Waals surface area contributed by atoms with Gasteiger partial charge in [0.2, 0.25) is 0 Å². The van der Waals surface area contributed by atoms with E-state index < -0.39 is 5.97 Å². The van der Waals surface area contributed by atoms with Crippen LogP contribution in [-0.4, -0.2) is 20.2 Å². The molecule has 5 atom stereocenters. The number of rotatable bonds is 4. The highest BCUT2D eigenvalue weighted by Gasteiger charge is 2.54. The van der Waals surface area contributed by atoms with Crippen LogP contribution in [0.25, 0.3) is 0 Å². The fourth-order valence-electron chi connectivity index (χ4n) is 6.08. The lowest BCUT2D eigenvalue weighted by atomic mass is 9.67. The van der Waals surface area contributed by atoms with Crippen LogP contribution < -0.4 is 19.9 Å². The van der Waals surface area contributed by atoms with Crippen molar-refractivity contribution in [3.63, 3.8) is 0 Å². The van der Waals surface area contributed by atoms with Gasteiger partial charge < -0.3 is 24.7 Å². The molecule has 0 radical (unpaired) electrons. The first-order chi connectivity index (χ1) is 13.6. The zero-order valence-electron chi connectivity index (χ0n) is 16.1. The number of anilines is 1. The summed E-state index contributed by atoms with van der Waals surface area (Å²) in [5.41, 5.74) is 3.53. The lowest BCUT2D eigenvalue weighted by Crippen LogP contribution is -2.36. The van der Waals surface area contributed by atoms with Crippen LogP contribution in [0.4, 0.5) is 5.69 Å². The van der Waals surface area contributed by atoms with Crippen LogP contribution in [0.2, 0.25) is 0 Å². The highest BCUT2D eigenvalue weighted by atomic mass is 16.5. The predicted molar refractivity (Wildman–Crippen MR) is 104 cm³/mol. The molecule has 0 unspecified atom stereocenters. The molecule has 0 amide bonds. The number of aromatic carboxylic acids is 1. The summed E-state index contributed by atoms with van der Waals surface area (Å²) in [5, 5.41) is 15.1. The van der Waals surface area contributed by atoms with Gasteiger partial charge in [-0.25, -0.2) is 0 Å². The molecule has 3 aliphatic rings. The summed E-state index contributed by atoms with van der Waals surface area (Å²) in [6, 6.07) is 11.5. The number of carbonyl (C=O) groups excluding carboxylic acids is 1. The minimum absolute atomic E-state index is 0.117. The van der Waals surface area contributed by atoms with Crippen molar-refractivity contribution < 1.29 is 19.4 Å². The summed E-state index contributed by atoms with van der Waals surface area (Å²) in [7, 11) is 3.34. The third-order valence-corrected chi connectivity index (χ3v) is 7.09. The molecule has 1 aliphatic heterocycles. The number of ether oxygens (including phenoxy) is 2. The minimum Gasteiger partial charge on any atom is -0.545 e. The Morgan fingerprint density at radius 3 is 2.64 bits per heavy atom. The van der Waals surface area contributed by atoms with Crippen LogP contribution in [0.5, 0.6) is 11.5 Å². The second-order valence-electron chi connectivity index (χ2n) is 8.23. The quantitative estimate of drug-likeness (QED) is 0.883. The maximum Gasteiger partial charge on any atom is 0.165 e. The van der Waals surface area contributed by atoms with Crippen molar-refractivity contribution in [2.75, 3.05) is 19.5 Å². The Hall–Kier alpha value is -2.69. The van der Waals surface area contributed by atoms with E-state index in [4.69, 9.17) is 9.47 Å². The normalized spacial score (nSPS) is 29.6. The SMILES string of the molecule is COc1cccc([C@@H]2Nc3ccc(C(=O)[O-])cc3[C@H]3[C@@H]4CC[C@H](C4)[C@H]32)c1OC. The van der Waals surface area contributed by atoms with E-state index in [0.29, 0.717) is 23.7 Å². The van der Waals surface area contributed by atoms with Gasteiger partial charge in [0.05, 0.1) is 26.2 Å². The van der Waals surface area contributed by atoms with Gasteiger partial charge in [0.25, 0.3) is 0 Å². The molecule has 2 fully saturated rings. The molecule has 0 spiro atoms. The molecule has 1 heterocycles. The van der Waals surface area contributed by atoms with E-state index in [1.807, 2.05) is 24.3 Å². The van der Waals surface area contributed by atoms with Crippen molar-refractivity contribution in [2.45, 2.75) is 31.2 Å². The molecule has 2 bridgehead atoms. The summed E-state index contributed by atoms with van der Waals surface area (Å²) in [4.78, 5) is 11.4. The Balaban J connectivity index is 1.65. The van der Waals surface area contributed by atoms with Crippen molar-refractivity contribution in [3.05, 3.63) is 53.1 Å². The van der Waals surface area contributed by atoms with Crippen LogP contribution in [-0.2, 0) is 0 Å². The molecule has 0 saturated heterocycles. The number of methoxy groups -OCH3 is 2. The molecule has 5 rings (SSSR count). The number of hydrogen-bond acceptors (Lipinski definition) is 5. The Bertz CT molecular complexity index is 940. The van der Waals surface area contributed by atoms with Gasteiger partial charge in [-0.15, -0.1) is 0 Å². The number of fused-ring (bicyclic) bond motifs is 7. The number of nitrogens with one attached hydrogen (secondary N) is 1. The van der Waals surface area contributed by atoms with Crippen molar-refractivity contribution in [3.8, 4) is 11.5 Å². The Kier molecular flexibility index (Phi) is 4.00. The highest BCUT2D eigenvalue weighted by Crippen LogP contribution is 2.64. The largest absolute Gasteiger partial charge is 0.545 e. The number of carboxylic acid groups (broad SMARTS) is 1. The zero-order valence-corrected chi connectivity index (χ0v) is 16.1. The summed E-state index contributed by atoms with van der Waals surface area (Å²) in [6.07, 6.45) is 3.68. The number of benzene rings is 2. The Morgan fingerprint density at radius 2 is 1.89 bits per heavy atom. The first-order valence-electron chi connectivity index (χ1n) is 9.95. The number of carboxylic acids is 1. The van der Waals surface area contributed by atoms with Gasteiger partial charge in [0, 0.05) is 11.3 Å². The molecule has 1 N–H and O–H groups in total. The lowest BCUT2D eigenvalue weighted by molar-refractivity contribution is -0.255. The zero-order chi connectivity index (χ0) is 19.4. The third kappa shape index (κ3) is 2.42. The minimum atomic E-state index is -1.11. The highest BCUT2D eigenvalue weighted by molar-refractivity contribution is 5.87. The lowest BCUT2D eigenvalue weighted by Gasteiger charge is -2.44. The van der Waals surface area contributed by atoms with Gasteiger partial charge in [0.15, 0.2) is 11.5 Å². The third-order valence-electron chi connectivity index (χ3n) is 7.09. The fourth-order valence-corrected chi connectivity index (χ4v) is 6.08. The van der Waals surface area contributed by atoms with Crippen LogP contribution >= 0.6 is 0 Å². The van der Waals surface area contributed by atoms with Gasteiger partial charge in [0.1, 0.15) is 0 Å². The predicted octanol–water partition coefficient (Wildman–Crippen LogP) is 3.36.